The summed E-state index contributed by atoms with van der Waals surface area (Å²) in [5, 5.41) is 10.2. The first kappa shape index (κ1) is 28.5. The fraction of sp³-hybridized carbons (Fsp3) is 0.235. The minimum atomic E-state index is -5.15. The molecule has 1 aliphatic rings. The van der Waals surface area contributed by atoms with E-state index in [1.54, 1.807) is 0 Å². The minimum Gasteiger partial charge on any atom is -0.731 e. The number of β-lactam (4-membered cyclic amide) rings is 1. The average Bonchev–Trinajstić information content (AvgIpc) is 3.21. The van der Waals surface area contributed by atoms with Crippen LogP contribution in [0.15, 0.2) is 34.8 Å². The van der Waals surface area contributed by atoms with Gasteiger partial charge in [-0.15, -0.1) is 22.9 Å². The molecule has 3 rings (SSSR count). The molecule has 3 amide bonds. The van der Waals surface area contributed by atoms with Crippen molar-refractivity contribution < 1.29 is 61.7 Å². The van der Waals surface area contributed by atoms with Crippen LogP contribution in [0.5, 0.6) is 0 Å². The first-order valence-electron chi connectivity index (χ1n) is 8.85. The van der Waals surface area contributed by atoms with E-state index in [0.717, 1.165) is 11.3 Å². The molecule has 0 aliphatic carbocycles. The number of halogens is 2. The van der Waals surface area contributed by atoms with E-state index in [9.17, 15) is 27.4 Å². The molecule has 12 nitrogen and oxygen atoms in total. The van der Waals surface area contributed by atoms with Crippen LogP contribution in [-0.4, -0.2) is 64.7 Å². The second kappa shape index (κ2) is 11.8. The number of aromatic nitrogens is 1. The van der Waals surface area contributed by atoms with Gasteiger partial charge in [-0.3, -0.25) is 14.4 Å². The van der Waals surface area contributed by atoms with E-state index < -0.39 is 40.1 Å². The summed E-state index contributed by atoms with van der Waals surface area (Å²) in [5.74, 6) is -2.87. The second-order valence-corrected chi connectivity index (χ2v) is 9.19. The number of amides is 3. The number of oxime groups is 1. The van der Waals surface area contributed by atoms with Crippen molar-refractivity contribution in [3.8, 4) is 0 Å². The number of anilines is 1. The number of carbonyl (C=O) groups is 3. The maximum atomic E-state index is 12.9. The predicted octanol–water partition coefficient (Wildman–Crippen LogP) is -2.14. The van der Waals surface area contributed by atoms with Gasteiger partial charge in [0, 0.05) is 10.4 Å². The van der Waals surface area contributed by atoms with Crippen molar-refractivity contribution in [2.75, 3.05) is 18.3 Å². The Kier molecular flexibility index (Phi) is 9.85. The smallest absolute Gasteiger partial charge is 0.731 e. The van der Waals surface area contributed by atoms with Crippen molar-refractivity contribution in [1.29, 1.82) is 0 Å². The summed E-state index contributed by atoms with van der Waals surface area (Å²) in [6.45, 7) is 0. The third-order valence-electron chi connectivity index (χ3n) is 4.30. The molecule has 1 fully saturated rings. The van der Waals surface area contributed by atoms with E-state index in [0.29, 0.717) is 5.02 Å². The van der Waals surface area contributed by atoms with Gasteiger partial charge in [0.2, 0.25) is 5.91 Å². The SMILES string of the molecule is CON=C(C(=O)N[C@@H]1C(=O)N(S(=O)(=O)[O-])[C@@H]1c1ccc(Cl)cc1)c1csc(NC(=O)CCl)n1.[Na+]. The van der Waals surface area contributed by atoms with Crippen molar-refractivity contribution in [3.63, 3.8) is 0 Å². The fourth-order valence-electron chi connectivity index (χ4n) is 2.94. The van der Waals surface area contributed by atoms with Gasteiger partial charge in [0.05, 0.1) is 0 Å². The predicted molar refractivity (Wildman–Crippen MR) is 118 cm³/mol. The molecule has 0 bridgehead atoms. The van der Waals surface area contributed by atoms with Crippen LogP contribution in [0.25, 0.3) is 0 Å². The molecular weight excluding hydrogens is 544 g/mol. The van der Waals surface area contributed by atoms with Crippen LogP contribution in [0.1, 0.15) is 17.3 Å². The molecule has 1 aromatic carbocycles. The molecule has 1 saturated heterocycles. The summed E-state index contributed by atoms with van der Waals surface area (Å²) >= 11 is 12.3. The number of benzene rings is 1. The molecule has 0 unspecified atom stereocenters. The van der Waals surface area contributed by atoms with Crippen LogP contribution in [-0.2, 0) is 29.5 Å². The quantitative estimate of drug-likeness (QED) is 0.0924. The largest absolute Gasteiger partial charge is 1.00 e. The second-order valence-electron chi connectivity index (χ2n) is 6.38. The number of thiazole rings is 1. The van der Waals surface area contributed by atoms with E-state index in [1.165, 1.54) is 36.8 Å². The molecule has 1 aromatic heterocycles. The topological polar surface area (TPSA) is 170 Å². The Labute approximate surface area is 229 Å². The van der Waals surface area contributed by atoms with Gasteiger partial charge in [0.25, 0.3) is 11.8 Å². The van der Waals surface area contributed by atoms with Gasteiger partial charge in [-0.1, -0.05) is 28.9 Å². The van der Waals surface area contributed by atoms with Crippen molar-refractivity contribution in [2.45, 2.75) is 12.1 Å². The minimum absolute atomic E-state index is 0. The van der Waals surface area contributed by atoms with Gasteiger partial charge in [-0.05, 0) is 17.7 Å². The van der Waals surface area contributed by atoms with Crippen LogP contribution >= 0.6 is 34.5 Å². The van der Waals surface area contributed by atoms with Gasteiger partial charge in [-0.25, -0.2) is 17.7 Å². The van der Waals surface area contributed by atoms with Gasteiger partial charge >= 0.3 is 29.6 Å². The fourth-order valence-corrected chi connectivity index (χ4v) is 4.70. The number of nitrogens with zero attached hydrogens (tertiary/aromatic N) is 3. The van der Waals surface area contributed by atoms with Crippen LogP contribution in [0, 0.1) is 0 Å². The molecular formula is C17H14Cl2N5NaO7S2. The van der Waals surface area contributed by atoms with Crippen LogP contribution in [0.3, 0.4) is 0 Å². The zero-order chi connectivity index (χ0) is 24.3. The first-order valence-corrected chi connectivity index (χ1v) is 12.0. The van der Waals surface area contributed by atoms with Gasteiger partial charge < -0.3 is 20.0 Å². The summed E-state index contributed by atoms with van der Waals surface area (Å²) < 4.78 is 34.9. The van der Waals surface area contributed by atoms with E-state index in [-0.39, 0.29) is 61.8 Å². The van der Waals surface area contributed by atoms with Crippen molar-refractivity contribution in [1.82, 2.24) is 14.6 Å². The van der Waals surface area contributed by atoms with Crippen molar-refractivity contribution in [2.24, 2.45) is 5.16 Å². The molecule has 1 aliphatic heterocycles. The zero-order valence-corrected chi connectivity index (χ0v) is 22.7. The number of carbonyl (C=O) groups excluding carboxylic acids is 3. The maximum absolute atomic E-state index is 12.9. The van der Waals surface area contributed by atoms with E-state index in [4.69, 9.17) is 23.2 Å². The monoisotopic (exact) mass is 557 g/mol. The Balaban J connectivity index is 0.00000408. The molecule has 176 valence electrons. The summed E-state index contributed by atoms with van der Waals surface area (Å²) in [5.41, 5.74) is -0.0905. The molecule has 2 atom stereocenters. The zero-order valence-electron chi connectivity index (χ0n) is 17.5. The van der Waals surface area contributed by atoms with E-state index in [1.807, 2.05) is 0 Å². The van der Waals surface area contributed by atoms with E-state index >= 15 is 0 Å². The standard InChI is InChI=1S/C17H15Cl2N5O7S2.Na/c1-31-23-12(10-7-32-17(20-10)21-11(25)6-18)15(26)22-13-14(8-2-4-9(19)5-3-8)24(16(13)27)33(28,29)30;/h2-5,7,13-14H,6H2,1H3,(H,22,26)(H,20,21,25)(H,28,29,30);/q;+1/p-1/t13-,14+;/m0./s1. The summed E-state index contributed by atoms with van der Waals surface area (Å²) in [4.78, 5) is 45.4. The number of rotatable bonds is 8. The van der Waals surface area contributed by atoms with Crippen LogP contribution < -0.4 is 40.2 Å². The average molecular weight is 558 g/mol. The third-order valence-corrected chi connectivity index (χ3v) is 6.44. The molecule has 2 heterocycles. The molecule has 0 spiro atoms. The van der Waals surface area contributed by atoms with Crippen molar-refractivity contribution >= 4 is 73.4 Å². The van der Waals surface area contributed by atoms with Gasteiger partial charge in [-0.2, -0.15) is 0 Å². The Bertz CT molecular complexity index is 1220. The molecule has 0 saturated carbocycles. The van der Waals surface area contributed by atoms with Gasteiger partial charge in [0.15, 0.2) is 21.1 Å². The Hall–Kier alpha value is -1.78. The molecule has 17 heteroatoms. The Morgan fingerprint density at radius 1 is 1.32 bits per heavy atom. The molecule has 2 N–H and O–H groups in total. The number of hydrogen-bond acceptors (Lipinski definition) is 10. The van der Waals surface area contributed by atoms with Gasteiger partial charge in [0.1, 0.15) is 30.8 Å². The Morgan fingerprint density at radius 3 is 2.53 bits per heavy atom. The number of hydrogen-bond donors (Lipinski definition) is 2. The molecule has 34 heavy (non-hydrogen) atoms. The number of nitrogens with one attached hydrogen (secondary N) is 2. The maximum Gasteiger partial charge on any atom is 1.00 e. The summed E-state index contributed by atoms with van der Waals surface area (Å²) in [6, 6.07) is 3.05. The summed E-state index contributed by atoms with van der Waals surface area (Å²) in [7, 11) is -3.98. The first-order chi connectivity index (χ1) is 15.6. The van der Waals surface area contributed by atoms with Crippen LogP contribution in [0.4, 0.5) is 5.13 Å². The molecule has 2 aromatic rings. The Morgan fingerprint density at radius 2 is 1.97 bits per heavy atom. The molecule has 0 radical (unpaired) electrons. The van der Waals surface area contributed by atoms with Crippen molar-refractivity contribution in [3.05, 3.63) is 45.9 Å². The summed E-state index contributed by atoms with van der Waals surface area (Å²) in [6.07, 6.45) is 0. The third kappa shape index (κ3) is 6.26. The normalized spacial score (nSPS) is 17.9. The van der Waals surface area contributed by atoms with Crippen LogP contribution in [0.2, 0.25) is 5.02 Å². The van der Waals surface area contributed by atoms with E-state index in [2.05, 4.69) is 25.6 Å². The number of alkyl halides is 1.